The van der Waals surface area contributed by atoms with E-state index in [4.69, 9.17) is 11.6 Å². The highest BCUT2D eigenvalue weighted by atomic mass is 35.5. The number of benzene rings is 2. The molecule has 1 saturated heterocycles. The lowest BCUT2D eigenvalue weighted by Crippen LogP contribution is -3.29. The first kappa shape index (κ1) is 18.9. The number of halogens is 1. The van der Waals surface area contributed by atoms with Gasteiger partial charge in [-0.25, -0.2) is 0 Å². The molecule has 0 spiro atoms. The molecular formula is C21H28ClN3O+2. The summed E-state index contributed by atoms with van der Waals surface area (Å²) in [5.41, 5.74) is 3.11. The van der Waals surface area contributed by atoms with E-state index in [2.05, 4.69) is 35.6 Å². The van der Waals surface area contributed by atoms with Gasteiger partial charge in [0.15, 0.2) is 6.04 Å². The van der Waals surface area contributed by atoms with E-state index in [9.17, 15) is 4.79 Å². The van der Waals surface area contributed by atoms with Crippen molar-refractivity contribution in [2.75, 3.05) is 31.5 Å². The average molecular weight is 374 g/mol. The van der Waals surface area contributed by atoms with Crippen LogP contribution in [0.5, 0.6) is 0 Å². The second kappa shape index (κ2) is 8.67. The van der Waals surface area contributed by atoms with Gasteiger partial charge >= 0.3 is 0 Å². The van der Waals surface area contributed by atoms with Crippen molar-refractivity contribution in [1.82, 2.24) is 0 Å². The normalized spacial score (nSPS) is 21.2. The molecule has 1 fully saturated rings. The SMILES string of the molecule is Cc1c(Cl)cccc1NC(=O)[C@H](C)[NH+]1CC[NH+](Cc2ccccc2)CC1. The molecule has 138 valence electrons. The molecule has 2 aromatic rings. The fraction of sp³-hybridized carbons (Fsp3) is 0.381. The molecule has 0 bridgehead atoms. The summed E-state index contributed by atoms with van der Waals surface area (Å²) in [6.07, 6.45) is 0. The van der Waals surface area contributed by atoms with Crippen LogP contribution in [-0.4, -0.2) is 38.1 Å². The predicted octanol–water partition coefficient (Wildman–Crippen LogP) is 0.959. The summed E-state index contributed by atoms with van der Waals surface area (Å²) in [7, 11) is 0. The van der Waals surface area contributed by atoms with Crippen molar-refractivity contribution < 1.29 is 14.6 Å². The summed E-state index contributed by atoms with van der Waals surface area (Å²) < 4.78 is 0. The highest BCUT2D eigenvalue weighted by Crippen LogP contribution is 2.22. The largest absolute Gasteiger partial charge is 0.322 e. The van der Waals surface area contributed by atoms with Gasteiger partial charge in [-0.15, -0.1) is 0 Å². The van der Waals surface area contributed by atoms with Crippen LogP contribution in [0, 0.1) is 6.92 Å². The van der Waals surface area contributed by atoms with E-state index in [-0.39, 0.29) is 11.9 Å². The lowest BCUT2D eigenvalue weighted by molar-refractivity contribution is -1.02. The third kappa shape index (κ3) is 4.64. The molecule has 1 aliphatic heterocycles. The zero-order chi connectivity index (χ0) is 18.5. The Balaban J connectivity index is 1.52. The van der Waals surface area contributed by atoms with Gasteiger partial charge in [0.25, 0.3) is 5.91 Å². The number of hydrogen-bond acceptors (Lipinski definition) is 1. The third-order valence-corrected chi connectivity index (χ3v) is 5.84. The molecule has 0 aliphatic carbocycles. The zero-order valence-electron chi connectivity index (χ0n) is 15.5. The van der Waals surface area contributed by atoms with Crippen molar-refractivity contribution in [3.05, 3.63) is 64.7 Å². The van der Waals surface area contributed by atoms with Crippen LogP contribution in [0.1, 0.15) is 18.1 Å². The summed E-state index contributed by atoms with van der Waals surface area (Å²) in [5.74, 6) is 0.0666. The van der Waals surface area contributed by atoms with Crippen LogP contribution in [0.25, 0.3) is 0 Å². The summed E-state index contributed by atoms with van der Waals surface area (Å²) in [6.45, 7) is 9.25. The maximum Gasteiger partial charge on any atom is 0.282 e. The van der Waals surface area contributed by atoms with Gasteiger partial charge in [-0.1, -0.05) is 48.0 Å². The van der Waals surface area contributed by atoms with E-state index in [1.807, 2.05) is 32.0 Å². The van der Waals surface area contributed by atoms with E-state index in [0.717, 1.165) is 44.0 Å². The minimum Gasteiger partial charge on any atom is -0.322 e. The molecule has 0 radical (unpaired) electrons. The van der Waals surface area contributed by atoms with Gasteiger partial charge in [-0.2, -0.15) is 0 Å². The Hall–Kier alpha value is -1.88. The molecule has 1 atom stereocenters. The second-order valence-corrected chi connectivity index (χ2v) is 7.60. The van der Waals surface area contributed by atoms with E-state index in [1.165, 1.54) is 10.5 Å². The van der Waals surface area contributed by atoms with Crippen molar-refractivity contribution in [2.24, 2.45) is 0 Å². The smallest absolute Gasteiger partial charge is 0.282 e. The number of nitrogens with one attached hydrogen (secondary N) is 3. The number of carbonyl (C=O) groups is 1. The van der Waals surface area contributed by atoms with Crippen LogP contribution in [0.15, 0.2) is 48.5 Å². The van der Waals surface area contributed by atoms with Gasteiger partial charge in [-0.3, -0.25) is 4.79 Å². The maximum absolute atomic E-state index is 12.7. The van der Waals surface area contributed by atoms with Crippen molar-refractivity contribution in [2.45, 2.75) is 26.4 Å². The molecular weight excluding hydrogens is 346 g/mol. The van der Waals surface area contributed by atoms with Crippen LogP contribution >= 0.6 is 11.6 Å². The second-order valence-electron chi connectivity index (χ2n) is 7.19. The molecule has 1 aliphatic rings. The fourth-order valence-corrected chi connectivity index (χ4v) is 3.76. The van der Waals surface area contributed by atoms with Gasteiger partial charge in [0, 0.05) is 16.3 Å². The number of rotatable bonds is 5. The summed E-state index contributed by atoms with van der Waals surface area (Å²) >= 11 is 6.15. The minimum absolute atomic E-state index is 0.0633. The van der Waals surface area contributed by atoms with Gasteiger partial charge < -0.3 is 15.1 Å². The monoisotopic (exact) mass is 373 g/mol. The molecule has 1 heterocycles. The Morgan fingerprint density at radius 2 is 1.77 bits per heavy atom. The molecule has 1 amide bonds. The van der Waals surface area contributed by atoms with E-state index in [0.29, 0.717) is 5.02 Å². The highest BCUT2D eigenvalue weighted by molar-refractivity contribution is 6.31. The molecule has 0 unspecified atom stereocenters. The quantitative estimate of drug-likeness (QED) is 0.717. The standard InChI is InChI=1S/C21H26ClN3O/c1-16-19(22)9-6-10-20(16)23-21(26)17(2)25-13-11-24(12-14-25)15-18-7-4-3-5-8-18/h3-10,17H,11-15H2,1-2H3,(H,23,26)/p+2/t17-/m0/s1. The average Bonchev–Trinajstić information content (AvgIpc) is 2.66. The van der Waals surface area contributed by atoms with E-state index in [1.54, 1.807) is 4.90 Å². The Morgan fingerprint density at radius 3 is 2.46 bits per heavy atom. The van der Waals surface area contributed by atoms with Crippen molar-refractivity contribution in [3.63, 3.8) is 0 Å². The van der Waals surface area contributed by atoms with Crippen molar-refractivity contribution in [3.8, 4) is 0 Å². The molecule has 0 saturated carbocycles. The zero-order valence-corrected chi connectivity index (χ0v) is 16.3. The topological polar surface area (TPSA) is 38.0 Å². The minimum atomic E-state index is -0.0633. The number of amides is 1. The molecule has 0 aromatic heterocycles. The summed E-state index contributed by atoms with van der Waals surface area (Å²) in [6, 6.07) is 16.2. The van der Waals surface area contributed by atoms with Crippen LogP contribution in [0.4, 0.5) is 5.69 Å². The van der Waals surface area contributed by atoms with Crippen LogP contribution in [-0.2, 0) is 11.3 Å². The van der Waals surface area contributed by atoms with Crippen molar-refractivity contribution in [1.29, 1.82) is 0 Å². The first-order valence-electron chi connectivity index (χ1n) is 9.32. The number of quaternary nitrogens is 2. The van der Waals surface area contributed by atoms with Gasteiger partial charge in [0.05, 0.1) is 0 Å². The Labute approximate surface area is 160 Å². The molecule has 26 heavy (non-hydrogen) atoms. The first-order chi connectivity index (χ1) is 12.5. The van der Waals surface area contributed by atoms with Crippen molar-refractivity contribution >= 4 is 23.2 Å². The lowest BCUT2D eigenvalue weighted by Gasteiger charge is -2.32. The number of hydrogen-bond donors (Lipinski definition) is 3. The number of piperazine rings is 1. The van der Waals surface area contributed by atoms with E-state index >= 15 is 0 Å². The third-order valence-electron chi connectivity index (χ3n) is 5.43. The van der Waals surface area contributed by atoms with Gasteiger partial charge in [-0.05, 0) is 31.5 Å². The fourth-order valence-electron chi connectivity index (χ4n) is 3.59. The van der Waals surface area contributed by atoms with Gasteiger partial charge in [0.2, 0.25) is 0 Å². The van der Waals surface area contributed by atoms with Crippen LogP contribution < -0.4 is 15.1 Å². The lowest BCUT2D eigenvalue weighted by atomic mass is 10.1. The molecule has 3 rings (SSSR count). The summed E-state index contributed by atoms with van der Waals surface area (Å²) in [4.78, 5) is 15.6. The molecule has 5 heteroatoms. The molecule has 4 nitrogen and oxygen atoms in total. The number of carbonyl (C=O) groups excluding carboxylic acids is 1. The maximum atomic E-state index is 12.7. The number of anilines is 1. The highest BCUT2D eigenvalue weighted by Gasteiger charge is 2.31. The first-order valence-corrected chi connectivity index (χ1v) is 9.70. The Morgan fingerprint density at radius 1 is 1.08 bits per heavy atom. The summed E-state index contributed by atoms with van der Waals surface area (Å²) in [5, 5.41) is 3.73. The van der Waals surface area contributed by atoms with Crippen LogP contribution in [0.2, 0.25) is 5.02 Å². The Bertz CT molecular complexity index is 742. The predicted molar refractivity (Wildman–Crippen MR) is 106 cm³/mol. The molecule has 3 N–H and O–H groups in total. The Kier molecular flexibility index (Phi) is 6.30. The van der Waals surface area contributed by atoms with Crippen LogP contribution in [0.3, 0.4) is 0 Å². The van der Waals surface area contributed by atoms with Gasteiger partial charge in [0.1, 0.15) is 32.7 Å². The molecule has 2 aromatic carbocycles. The van der Waals surface area contributed by atoms with E-state index < -0.39 is 0 Å².